The molecule has 26 heavy (non-hydrogen) atoms. The van der Waals surface area contributed by atoms with Crippen molar-refractivity contribution in [3.63, 3.8) is 0 Å². The van der Waals surface area contributed by atoms with Gasteiger partial charge in [0, 0.05) is 5.69 Å². The molecule has 0 bridgehead atoms. The normalized spacial score (nSPS) is 11.0. The molecule has 1 aromatic heterocycles. The molecule has 0 radical (unpaired) electrons. The summed E-state index contributed by atoms with van der Waals surface area (Å²) >= 11 is 1.33. The van der Waals surface area contributed by atoms with E-state index in [4.69, 9.17) is 4.74 Å². The largest absolute Gasteiger partial charge is 0.461 e. The van der Waals surface area contributed by atoms with Crippen LogP contribution >= 0.6 is 11.3 Å². The Balaban J connectivity index is 1.81. The van der Waals surface area contributed by atoms with Gasteiger partial charge in [-0.1, -0.05) is 47.7 Å². The van der Waals surface area contributed by atoms with E-state index in [1.807, 2.05) is 60.7 Å². The number of nitrogens with one attached hydrogen (secondary N) is 2. The molecule has 0 aliphatic rings. The lowest BCUT2D eigenvalue weighted by Gasteiger charge is -2.05. The first kappa shape index (κ1) is 17.6. The summed E-state index contributed by atoms with van der Waals surface area (Å²) in [6.07, 6.45) is 1.61. The van der Waals surface area contributed by atoms with E-state index >= 15 is 0 Å². The molecule has 7 heteroatoms. The molecule has 3 aromatic rings. The van der Waals surface area contributed by atoms with Crippen LogP contribution in [0.25, 0.3) is 0 Å². The van der Waals surface area contributed by atoms with Crippen LogP contribution in [0.15, 0.2) is 72.0 Å². The molecule has 0 unspecified atom stereocenters. The Bertz CT molecular complexity index is 879. The molecule has 3 rings (SSSR count). The minimum absolute atomic E-state index is 0.189. The van der Waals surface area contributed by atoms with Gasteiger partial charge in [0.15, 0.2) is 10.8 Å². The highest BCUT2D eigenvalue weighted by Gasteiger charge is 2.19. The predicted octanol–water partition coefficient (Wildman–Crippen LogP) is 4.27. The van der Waals surface area contributed by atoms with Crippen LogP contribution in [-0.2, 0) is 9.53 Å². The molecule has 2 aromatic carbocycles. The number of carbonyl (C=O) groups excluding carboxylic acids is 1. The summed E-state index contributed by atoms with van der Waals surface area (Å²) in [4.78, 5) is 17.2. The van der Waals surface area contributed by atoms with Crippen LogP contribution in [-0.4, -0.2) is 23.3 Å². The number of thiazole rings is 1. The molecule has 132 valence electrons. The van der Waals surface area contributed by atoms with Gasteiger partial charge in [0.2, 0.25) is 0 Å². The molecule has 0 aliphatic heterocycles. The molecule has 2 N–H and O–H groups in total. The number of hydrogen-bond acceptors (Lipinski definition) is 7. The molecule has 0 amide bonds. The van der Waals surface area contributed by atoms with Gasteiger partial charge < -0.3 is 10.1 Å². The van der Waals surface area contributed by atoms with E-state index in [9.17, 15) is 4.79 Å². The van der Waals surface area contributed by atoms with Gasteiger partial charge in [-0.3, -0.25) is 5.43 Å². The Hall–Kier alpha value is -3.19. The third-order valence-corrected chi connectivity index (χ3v) is 4.22. The van der Waals surface area contributed by atoms with Crippen molar-refractivity contribution in [3.05, 3.63) is 71.7 Å². The number of benzene rings is 2. The van der Waals surface area contributed by atoms with Crippen molar-refractivity contribution < 1.29 is 9.53 Å². The highest BCUT2D eigenvalue weighted by molar-refractivity contribution is 7.18. The zero-order valence-electron chi connectivity index (χ0n) is 14.2. The van der Waals surface area contributed by atoms with Crippen LogP contribution in [0, 0.1) is 0 Å². The summed E-state index contributed by atoms with van der Waals surface area (Å²) in [5.41, 5.74) is 4.78. The van der Waals surface area contributed by atoms with Crippen molar-refractivity contribution in [2.75, 3.05) is 17.3 Å². The van der Waals surface area contributed by atoms with E-state index < -0.39 is 5.97 Å². The average Bonchev–Trinajstić information content (AvgIpc) is 3.12. The summed E-state index contributed by atoms with van der Waals surface area (Å²) in [5, 5.41) is 8.11. The third kappa shape index (κ3) is 4.67. The van der Waals surface area contributed by atoms with Crippen molar-refractivity contribution in [2.24, 2.45) is 5.10 Å². The molecule has 1 heterocycles. The van der Waals surface area contributed by atoms with E-state index in [0.717, 1.165) is 11.4 Å². The molecular formula is C19H18N4O2S. The lowest BCUT2D eigenvalue weighted by atomic mass is 10.3. The fraction of sp³-hybridized carbons (Fsp3) is 0.105. The zero-order valence-corrected chi connectivity index (χ0v) is 15.0. The summed E-state index contributed by atoms with van der Waals surface area (Å²) in [7, 11) is 0. The molecule has 0 aliphatic carbocycles. The number of ether oxygens (including phenoxy) is 1. The van der Waals surface area contributed by atoms with Gasteiger partial charge in [-0.05, 0) is 31.2 Å². The van der Waals surface area contributed by atoms with Crippen LogP contribution in [0.3, 0.4) is 0 Å². The summed E-state index contributed by atoms with van der Waals surface area (Å²) in [6, 6.07) is 19.1. The van der Waals surface area contributed by atoms with Crippen LogP contribution in [0.1, 0.15) is 11.8 Å². The van der Waals surface area contributed by atoms with Gasteiger partial charge in [0.1, 0.15) is 0 Å². The monoisotopic (exact) mass is 366 g/mol. The number of anilines is 3. The second-order valence-corrected chi connectivity index (χ2v) is 6.21. The highest BCUT2D eigenvalue weighted by atomic mass is 32.1. The SMILES string of the molecule is CCOC(=O)/C(=N/Nc1ccccc1)c1cnc(Nc2ccccc2)s1. The van der Waals surface area contributed by atoms with Gasteiger partial charge >= 0.3 is 5.97 Å². The predicted molar refractivity (Wildman–Crippen MR) is 105 cm³/mol. The first-order valence-electron chi connectivity index (χ1n) is 8.10. The minimum atomic E-state index is -0.495. The Morgan fingerprint density at radius 1 is 1.08 bits per heavy atom. The Kier molecular flexibility index (Phi) is 5.95. The molecule has 0 spiro atoms. The van der Waals surface area contributed by atoms with Gasteiger partial charge in [-0.2, -0.15) is 5.10 Å². The van der Waals surface area contributed by atoms with Crippen molar-refractivity contribution in [3.8, 4) is 0 Å². The van der Waals surface area contributed by atoms with Crippen LogP contribution < -0.4 is 10.7 Å². The first-order chi connectivity index (χ1) is 12.8. The van der Waals surface area contributed by atoms with Gasteiger partial charge in [0.25, 0.3) is 0 Å². The quantitative estimate of drug-likeness (QED) is 0.371. The van der Waals surface area contributed by atoms with Crippen molar-refractivity contribution >= 4 is 39.5 Å². The third-order valence-electron chi connectivity index (χ3n) is 3.30. The second-order valence-electron chi connectivity index (χ2n) is 5.18. The maximum absolute atomic E-state index is 12.3. The van der Waals surface area contributed by atoms with E-state index in [2.05, 4.69) is 20.8 Å². The van der Waals surface area contributed by atoms with E-state index in [-0.39, 0.29) is 12.3 Å². The number of esters is 1. The zero-order chi connectivity index (χ0) is 18.2. The Morgan fingerprint density at radius 2 is 1.73 bits per heavy atom. The van der Waals surface area contributed by atoms with E-state index in [1.165, 1.54) is 11.3 Å². The van der Waals surface area contributed by atoms with Gasteiger partial charge in [-0.15, -0.1) is 0 Å². The van der Waals surface area contributed by atoms with Crippen LogP contribution in [0.2, 0.25) is 0 Å². The van der Waals surface area contributed by atoms with Crippen LogP contribution in [0.4, 0.5) is 16.5 Å². The second kappa shape index (κ2) is 8.77. The molecule has 6 nitrogen and oxygen atoms in total. The number of rotatable bonds is 7. The summed E-state index contributed by atoms with van der Waals surface area (Å²) in [6.45, 7) is 2.03. The maximum Gasteiger partial charge on any atom is 0.360 e. The number of nitrogens with zero attached hydrogens (tertiary/aromatic N) is 2. The fourth-order valence-electron chi connectivity index (χ4n) is 2.12. The molecule has 0 atom stereocenters. The molecular weight excluding hydrogens is 348 g/mol. The number of hydrazone groups is 1. The standard InChI is InChI=1S/C19H18N4O2S/c1-2-25-18(24)17(23-22-15-11-7-4-8-12-15)16-13-20-19(26-16)21-14-9-5-3-6-10-14/h3-13,22H,2H2,1H3,(H,20,21)/b23-17+. The Labute approximate surface area is 155 Å². The maximum atomic E-state index is 12.3. The van der Waals surface area contributed by atoms with E-state index in [1.54, 1.807) is 13.1 Å². The van der Waals surface area contributed by atoms with Crippen molar-refractivity contribution in [1.82, 2.24) is 4.98 Å². The van der Waals surface area contributed by atoms with Gasteiger partial charge in [-0.25, -0.2) is 9.78 Å². The van der Waals surface area contributed by atoms with Crippen LogP contribution in [0.5, 0.6) is 0 Å². The average molecular weight is 366 g/mol. The van der Waals surface area contributed by atoms with Crippen molar-refractivity contribution in [1.29, 1.82) is 0 Å². The van der Waals surface area contributed by atoms with E-state index in [0.29, 0.717) is 10.0 Å². The number of para-hydroxylation sites is 2. The topological polar surface area (TPSA) is 75.6 Å². The fourth-order valence-corrected chi connectivity index (χ4v) is 2.93. The highest BCUT2D eigenvalue weighted by Crippen LogP contribution is 2.23. The lowest BCUT2D eigenvalue weighted by Crippen LogP contribution is -2.19. The molecule has 0 saturated carbocycles. The van der Waals surface area contributed by atoms with Gasteiger partial charge in [0.05, 0.1) is 23.4 Å². The smallest absolute Gasteiger partial charge is 0.360 e. The first-order valence-corrected chi connectivity index (χ1v) is 8.92. The summed E-state index contributed by atoms with van der Waals surface area (Å²) in [5.74, 6) is -0.495. The lowest BCUT2D eigenvalue weighted by molar-refractivity contribution is -0.134. The van der Waals surface area contributed by atoms with Crippen molar-refractivity contribution in [2.45, 2.75) is 6.92 Å². The Morgan fingerprint density at radius 3 is 2.38 bits per heavy atom. The number of aromatic nitrogens is 1. The molecule has 0 fully saturated rings. The summed E-state index contributed by atoms with van der Waals surface area (Å²) < 4.78 is 5.12. The molecule has 0 saturated heterocycles. The number of carbonyl (C=O) groups is 1. The minimum Gasteiger partial charge on any atom is -0.461 e. The number of hydrogen-bond donors (Lipinski definition) is 2.